The average Bonchev–Trinajstić information content (AvgIpc) is 2.44. The van der Waals surface area contributed by atoms with Crippen molar-refractivity contribution >= 4 is 38.9 Å². The minimum atomic E-state index is -0.236. The second-order valence-electron chi connectivity index (χ2n) is 4.84. The largest absolute Gasteiger partial charge is 0.358 e. The van der Waals surface area contributed by atoms with Crippen molar-refractivity contribution in [3.8, 4) is 0 Å². The summed E-state index contributed by atoms with van der Waals surface area (Å²) in [6, 6.07) is 10.7. The van der Waals surface area contributed by atoms with E-state index in [1.54, 1.807) is 6.07 Å². The van der Waals surface area contributed by atoms with Gasteiger partial charge in [0.25, 0.3) is 0 Å². The molecular formula is C16H16BrFN2S. The van der Waals surface area contributed by atoms with E-state index in [0.717, 1.165) is 26.9 Å². The van der Waals surface area contributed by atoms with Crippen LogP contribution >= 0.6 is 28.1 Å². The molecule has 0 unspecified atom stereocenters. The maximum absolute atomic E-state index is 13.2. The molecule has 2 aromatic rings. The van der Waals surface area contributed by atoms with Crippen LogP contribution in [0.25, 0.3) is 0 Å². The molecule has 0 spiro atoms. The molecule has 2 aromatic carbocycles. The van der Waals surface area contributed by atoms with Crippen LogP contribution in [0.2, 0.25) is 0 Å². The minimum Gasteiger partial charge on any atom is -0.358 e. The third kappa shape index (κ3) is 4.51. The SMILES string of the molecule is Cc1cc(NC(=S)NCc2cc(F)ccc2C)ccc1Br. The van der Waals surface area contributed by atoms with E-state index < -0.39 is 0 Å². The summed E-state index contributed by atoms with van der Waals surface area (Å²) in [6.07, 6.45) is 0. The molecule has 0 saturated heterocycles. The van der Waals surface area contributed by atoms with Gasteiger partial charge in [0, 0.05) is 16.7 Å². The molecule has 0 heterocycles. The van der Waals surface area contributed by atoms with Gasteiger partial charge in [0.15, 0.2) is 5.11 Å². The number of benzene rings is 2. The second-order valence-corrected chi connectivity index (χ2v) is 6.11. The molecule has 0 radical (unpaired) electrons. The minimum absolute atomic E-state index is 0.236. The topological polar surface area (TPSA) is 24.1 Å². The van der Waals surface area contributed by atoms with Crippen molar-refractivity contribution in [3.63, 3.8) is 0 Å². The quantitative estimate of drug-likeness (QED) is 0.770. The maximum Gasteiger partial charge on any atom is 0.171 e. The highest BCUT2D eigenvalue weighted by atomic mass is 79.9. The molecule has 2 nitrogen and oxygen atoms in total. The summed E-state index contributed by atoms with van der Waals surface area (Å²) >= 11 is 8.72. The van der Waals surface area contributed by atoms with Crippen molar-refractivity contribution < 1.29 is 4.39 Å². The number of thiocarbonyl (C=S) groups is 1. The average molecular weight is 367 g/mol. The molecule has 5 heteroatoms. The lowest BCUT2D eigenvalue weighted by molar-refractivity contribution is 0.624. The van der Waals surface area contributed by atoms with Crippen LogP contribution in [0, 0.1) is 19.7 Å². The van der Waals surface area contributed by atoms with Crippen molar-refractivity contribution in [3.05, 3.63) is 63.4 Å². The molecule has 110 valence electrons. The van der Waals surface area contributed by atoms with E-state index in [1.807, 2.05) is 32.0 Å². The van der Waals surface area contributed by atoms with Crippen LogP contribution in [0.15, 0.2) is 40.9 Å². The molecule has 0 aliphatic heterocycles. The highest BCUT2D eigenvalue weighted by Gasteiger charge is 2.03. The molecule has 0 saturated carbocycles. The Bertz CT molecular complexity index is 673. The van der Waals surface area contributed by atoms with E-state index in [0.29, 0.717) is 11.7 Å². The van der Waals surface area contributed by atoms with Crippen LogP contribution in [0.1, 0.15) is 16.7 Å². The summed E-state index contributed by atoms with van der Waals surface area (Å²) < 4.78 is 14.3. The van der Waals surface area contributed by atoms with E-state index >= 15 is 0 Å². The van der Waals surface area contributed by atoms with Gasteiger partial charge >= 0.3 is 0 Å². The molecule has 0 fully saturated rings. The zero-order chi connectivity index (χ0) is 15.4. The molecule has 0 aliphatic rings. The first-order valence-electron chi connectivity index (χ1n) is 6.52. The van der Waals surface area contributed by atoms with Gasteiger partial charge in [-0.2, -0.15) is 0 Å². The molecule has 0 atom stereocenters. The Morgan fingerprint density at radius 3 is 2.62 bits per heavy atom. The van der Waals surface area contributed by atoms with E-state index in [-0.39, 0.29) is 5.82 Å². The van der Waals surface area contributed by atoms with Gasteiger partial charge in [-0.15, -0.1) is 0 Å². The number of hydrogen-bond donors (Lipinski definition) is 2. The van der Waals surface area contributed by atoms with Crippen LogP contribution < -0.4 is 10.6 Å². The smallest absolute Gasteiger partial charge is 0.171 e. The first-order chi connectivity index (χ1) is 9.95. The highest BCUT2D eigenvalue weighted by Crippen LogP contribution is 2.20. The molecule has 2 N–H and O–H groups in total. The number of hydrogen-bond acceptors (Lipinski definition) is 1. The van der Waals surface area contributed by atoms with E-state index in [1.165, 1.54) is 12.1 Å². The first-order valence-corrected chi connectivity index (χ1v) is 7.72. The lowest BCUT2D eigenvalue weighted by Crippen LogP contribution is -2.28. The van der Waals surface area contributed by atoms with Gasteiger partial charge in [0.2, 0.25) is 0 Å². The normalized spacial score (nSPS) is 10.3. The van der Waals surface area contributed by atoms with Gasteiger partial charge in [-0.05, 0) is 73.1 Å². The monoisotopic (exact) mass is 366 g/mol. The Kier molecular flexibility index (Phi) is 5.31. The fourth-order valence-electron chi connectivity index (χ4n) is 1.90. The summed E-state index contributed by atoms with van der Waals surface area (Å²) in [5.74, 6) is -0.236. The van der Waals surface area contributed by atoms with Crippen LogP contribution in [0.3, 0.4) is 0 Å². The van der Waals surface area contributed by atoms with Crippen LogP contribution in [0.5, 0.6) is 0 Å². The predicted molar refractivity (Wildman–Crippen MR) is 93.1 cm³/mol. The number of rotatable bonds is 3. The van der Waals surface area contributed by atoms with Crippen molar-refractivity contribution in [1.29, 1.82) is 0 Å². The summed E-state index contributed by atoms with van der Waals surface area (Å²) in [5, 5.41) is 6.73. The summed E-state index contributed by atoms with van der Waals surface area (Å²) in [5.41, 5.74) is 3.98. The molecule has 2 rings (SSSR count). The standard InChI is InChI=1S/C16H16BrFN2S/c1-10-3-4-13(18)8-12(10)9-19-16(21)20-14-5-6-15(17)11(2)7-14/h3-8H,9H2,1-2H3,(H2,19,20,21). The molecule has 21 heavy (non-hydrogen) atoms. The lowest BCUT2D eigenvalue weighted by Gasteiger charge is -2.13. The zero-order valence-corrected chi connectivity index (χ0v) is 14.2. The highest BCUT2D eigenvalue weighted by molar-refractivity contribution is 9.10. The fraction of sp³-hybridized carbons (Fsp3) is 0.188. The van der Waals surface area contributed by atoms with Crippen molar-refractivity contribution in [1.82, 2.24) is 5.32 Å². The summed E-state index contributed by atoms with van der Waals surface area (Å²) in [7, 11) is 0. The molecule has 0 aliphatic carbocycles. The Morgan fingerprint density at radius 1 is 1.14 bits per heavy atom. The number of nitrogens with one attached hydrogen (secondary N) is 2. The van der Waals surface area contributed by atoms with Gasteiger partial charge < -0.3 is 10.6 Å². The van der Waals surface area contributed by atoms with Crippen LogP contribution in [-0.4, -0.2) is 5.11 Å². The predicted octanol–water partition coefficient (Wildman–Crippen LogP) is 4.69. The Labute approximate surface area is 137 Å². The van der Waals surface area contributed by atoms with Crippen LogP contribution in [-0.2, 0) is 6.54 Å². The van der Waals surface area contributed by atoms with E-state index in [9.17, 15) is 4.39 Å². The maximum atomic E-state index is 13.2. The molecular weight excluding hydrogens is 351 g/mol. The van der Waals surface area contributed by atoms with Gasteiger partial charge in [0.1, 0.15) is 5.82 Å². The van der Waals surface area contributed by atoms with Gasteiger partial charge in [0.05, 0.1) is 0 Å². The Morgan fingerprint density at radius 2 is 1.90 bits per heavy atom. The summed E-state index contributed by atoms with van der Waals surface area (Å²) in [4.78, 5) is 0. The number of halogens is 2. The van der Waals surface area contributed by atoms with Crippen molar-refractivity contribution in [2.45, 2.75) is 20.4 Å². The van der Waals surface area contributed by atoms with E-state index in [4.69, 9.17) is 12.2 Å². The molecule has 0 bridgehead atoms. The Hall–Kier alpha value is -1.46. The zero-order valence-electron chi connectivity index (χ0n) is 11.8. The third-order valence-corrected chi connectivity index (χ3v) is 4.30. The third-order valence-electron chi connectivity index (χ3n) is 3.17. The second kappa shape index (κ2) is 7.00. The fourth-order valence-corrected chi connectivity index (χ4v) is 2.34. The molecule has 0 aromatic heterocycles. The van der Waals surface area contributed by atoms with E-state index in [2.05, 4.69) is 26.6 Å². The van der Waals surface area contributed by atoms with Crippen molar-refractivity contribution in [2.75, 3.05) is 5.32 Å². The van der Waals surface area contributed by atoms with Crippen molar-refractivity contribution in [2.24, 2.45) is 0 Å². The lowest BCUT2D eigenvalue weighted by atomic mass is 10.1. The number of anilines is 1. The Balaban J connectivity index is 1.95. The van der Waals surface area contributed by atoms with Gasteiger partial charge in [-0.25, -0.2) is 4.39 Å². The van der Waals surface area contributed by atoms with Gasteiger partial charge in [-0.1, -0.05) is 22.0 Å². The van der Waals surface area contributed by atoms with Crippen LogP contribution in [0.4, 0.5) is 10.1 Å². The first kappa shape index (κ1) is 15.9. The van der Waals surface area contributed by atoms with Gasteiger partial charge in [-0.3, -0.25) is 0 Å². The molecule has 0 amide bonds. The number of aryl methyl sites for hydroxylation is 2. The summed E-state index contributed by atoms with van der Waals surface area (Å²) in [6.45, 7) is 4.46.